The number of aromatic nitrogens is 5. The molecular formula is C26H26FN7O2. The van der Waals surface area contributed by atoms with E-state index in [-0.39, 0.29) is 24.1 Å². The van der Waals surface area contributed by atoms with Crippen LogP contribution in [0.15, 0.2) is 79.1 Å². The van der Waals surface area contributed by atoms with Crippen LogP contribution < -0.4 is 10.2 Å². The number of carbonyl (C=O) groups is 2. The van der Waals surface area contributed by atoms with Crippen molar-refractivity contribution < 1.29 is 14.0 Å². The van der Waals surface area contributed by atoms with Crippen LogP contribution in [-0.4, -0.2) is 42.5 Å². The summed E-state index contributed by atoms with van der Waals surface area (Å²) in [5.74, 6) is -0.889. The minimum absolute atomic E-state index is 0.255. The summed E-state index contributed by atoms with van der Waals surface area (Å²) in [6, 6.07) is 17.0. The van der Waals surface area contributed by atoms with E-state index < -0.39 is 17.5 Å². The first kappa shape index (κ1) is 24.6. The molecule has 10 heteroatoms. The summed E-state index contributed by atoms with van der Waals surface area (Å²) in [5.41, 5.74) is 1.18. The summed E-state index contributed by atoms with van der Waals surface area (Å²) in [6.45, 7) is 5.35. The molecule has 0 unspecified atom stereocenters. The summed E-state index contributed by atoms with van der Waals surface area (Å²) >= 11 is 0. The van der Waals surface area contributed by atoms with Crippen LogP contribution in [0.1, 0.15) is 32.4 Å². The Balaban J connectivity index is 1.70. The maximum Gasteiger partial charge on any atom is 0.251 e. The molecule has 0 saturated heterocycles. The van der Waals surface area contributed by atoms with Gasteiger partial charge < -0.3 is 5.32 Å². The molecule has 0 aliphatic heterocycles. The Hall–Kier alpha value is -4.47. The van der Waals surface area contributed by atoms with E-state index in [9.17, 15) is 14.0 Å². The molecule has 4 rings (SSSR count). The number of rotatable bonds is 7. The number of para-hydroxylation sites is 1. The van der Waals surface area contributed by atoms with Gasteiger partial charge in [0.25, 0.3) is 5.91 Å². The summed E-state index contributed by atoms with van der Waals surface area (Å²) in [7, 11) is 0. The maximum atomic E-state index is 13.7. The van der Waals surface area contributed by atoms with Crippen LogP contribution in [0.4, 0.5) is 10.1 Å². The van der Waals surface area contributed by atoms with Crippen LogP contribution in [0.2, 0.25) is 0 Å². The third-order valence-corrected chi connectivity index (χ3v) is 5.16. The van der Waals surface area contributed by atoms with E-state index in [0.29, 0.717) is 16.8 Å². The zero-order chi connectivity index (χ0) is 25.7. The summed E-state index contributed by atoms with van der Waals surface area (Å²) in [5, 5.41) is 15.2. The maximum absolute atomic E-state index is 13.7. The lowest BCUT2D eigenvalue weighted by molar-refractivity contribution is -0.128. The first-order valence-corrected chi connectivity index (χ1v) is 11.3. The smallest absolute Gasteiger partial charge is 0.251 e. The van der Waals surface area contributed by atoms with E-state index in [1.807, 2.05) is 26.8 Å². The van der Waals surface area contributed by atoms with Gasteiger partial charge in [-0.25, -0.2) is 4.39 Å². The number of anilines is 1. The van der Waals surface area contributed by atoms with Gasteiger partial charge in [-0.2, -0.15) is 4.80 Å². The molecule has 4 aromatic rings. The van der Waals surface area contributed by atoms with Crippen molar-refractivity contribution in [2.45, 2.75) is 38.9 Å². The highest BCUT2D eigenvalue weighted by atomic mass is 19.1. The van der Waals surface area contributed by atoms with Crippen LogP contribution >= 0.6 is 0 Å². The van der Waals surface area contributed by atoms with Gasteiger partial charge in [-0.15, -0.1) is 10.2 Å². The molecule has 184 valence electrons. The molecule has 2 aromatic carbocycles. The lowest BCUT2D eigenvalue weighted by Gasteiger charge is -2.33. The van der Waals surface area contributed by atoms with Gasteiger partial charge in [0.15, 0.2) is 0 Å². The monoisotopic (exact) mass is 487 g/mol. The number of nitrogens with one attached hydrogen (secondary N) is 1. The highest BCUT2D eigenvalue weighted by Gasteiger charge is 2.34. The molecule has 2 amide bonds. The molecular weight excluding hydrogens is 461 g/mol. The molecule has 2 aromatic heterocycles. The van der Waals surface area contributed by atoms with Gasteiger partial charge in [-0.05, 0) is 80.1 Å². The van der Waals surface area contributed by atoms with Gasteiger partial charge in [0.2, 0.25) is 11.7 Å². The zero-order valence-electron chi connectivity index (χ0n) is 20.2. The van der Waals surface area contributed by atoms with Gasteiger partial charge in [0.05, 0.1) is 0 Å². The molecule has 0 bridgehead atoms. The van der Waals surface area contributed by atoms with Crippen LogP contribution in [-0.2, 0) is 16.1 Å². The van der Waals surface area contributed by atoms with Crippen molar-refractivity contribution in [3.8, 4) is 11.4 Å². The van der Waals surface area contributed by atoms with Gasteiger partial charge in [0.1, 0.15) is 18.4 Å². The number of amides is 2. The van der Waals surface area contributed by atoms with Crippen LogP contribution in [0, 0.1) is 5.82 Å². The predicted molar refractivity (Wildman–Crippen MR) is 132 cm³/mol. The fraction of sp³-hybridized carbons (Fsp3) is 0.231. The lowest BCUT2D eigenvalue weighted by Crippen LogP contribution is -2.50. The summed E-state index contributed by atoms with van der Waals surface area (Å²) < 4.78 is 13.3. The van der Waals surface area contributed by atoms with Crippen LogP contribution in [0.25, 0.3) is 11.4 Å². The van der Waals surface area contributed by atoms with Crippen molar-refractivity contribution in [2.24, 2.45) is 0 Å². The van der Waals surface area contributed by atoms with E-state index in [1.54, 1.807) is 48.8 Å². The third-order valence-electron chi connectivity index (χ3n) is 5.16. The Morgan fingerprint density at radius 3 is 2.31 bits per heavy atom. The average molecular weight is 488 g/mol. The largest absolute Gasteiger partial charge is 0.349 e. The van der Waals surface area contributed by atoms with Gasteiger partial charge in [-0.1, -0.05) is 18.2 Å². The Kier molecular flexibility index (Phi) is 7.14. The van der Waals surface area contributed by atoms with Gasteiger partial charge >= 0.3 is 0 Å². The second kappa shape index (κ2) is 10.4. The highest BCUT2D eigenvalue weighted by molar-refractivity contribution is 6.01. The minimum Gasteiger partial charge on any atom is -0.349 e. The molecule has 2 heterocycles. The van der Waals surface area contributed by atoms with E-state index in [0.717, 1.165) is 4.80 Å². The third kappa shape index (κ3) is 5.96. The second-order valence-corrected chi connectivity index (χ2v) is 9.17. The van der Waals surface area contributed by atoms with E-state index in [2.05, 4.69) is 25.7 Å². The molecule has 0 radical (unpaired) electrons. The van der Waals surface area contributed by atoms with Crippen molar-refractivity contribution in [3.63, 3.8) is 0 Å². The standard InChI is InChI=1S/C26H26FN7O2/c1-26(2,3)29-25(36)23(18-13-15-28-16-14-18)34(21-7-5-4-6-8-21)22(35)17-33-31-24(30-32-33)19-9-11-20(27)12-10-19/h4-16,23H,17H2,1-3H3,(H,29,36)/t23-/m1/s1. The van der Waals surface area contributed by atoms with E-state index in [4.69, 9.17) is 0 Å². The molecule has 9 nitrogen and oxygen atoms in total. The average Bonchev–Trinajstić information content (AvgIpc) is 3.31. The SMILES string of the molecule is CC(C)(C)NC(=O)[C@@H](c1ccncc1)N(C(=O)Cn1nnc(-c2ccc(F)cc2)n1)c1ccccc1. The number of tetrazole rings is 1. The molecule has 0 fully saturated rings. The molecule has 0 aliphatic rings. The molecule has 0 spiro atoms. The Bertz CT molecular complexity index is 1320. The topological polar surface area (TPSA) is 106 Å². The molecule has 36 heavy (non-hydrogen) atoms. The lowest BCUT2D eigenvalue weighted by atomic mass is 10.0. The van der Waals surface area contributed by atoms with Crippen molar-refractivity contribution in [1.82, 2.24) is 30.5 Å². The van der Waals surface area contributed by atoms with E-state index >= 15 is 0 Å². The highest BCUT2D eigenvalue weighted by Crippen LogP contribution is 2.28. The van der Waals surface area contributed by atoms with Crippen molar-refractivity contribution >= 4 is 17.5 Å². The van der Waals surface area contributed by atoms with Crippen molar-refractivity contribution in [2.75, 3.05) is 4.90 Å². The number of hydrogen-bond acceptors (Lipinski definition) is 6. The Morgan fingerprint density at radius 2 is 1.67 bits per heavy atom. The fourth-order valence-corrected chi connectivity index (χ4v) is 3.65. The first-order valence-electron chi connectivity index (χ1n) is 11.3. The van der Waals surface area contributed by atoms with Crippen molar-refractivity contribution in [1.29, 1.82) is 0 Å². The first-order chi connectivity index (χ1) is 17.2. The quantitative estimate of drug-likeness (QED) is 0.427. The van der Waals surface area contributed by atoms with Crippen LogP contribution in [0.3, 0.4) is 0 Å². The molecule has 1 atom stereocenters. The Labute approximate surface area is 208 Å². The fourth-order valence-electron chi connectivity index (χ4n) is 3.65. The van der Waals surface area contributed by atoms with Gasteiger partial charge in [-0.3, -0.25) is 19.5 Å². The molecule has 0 saturated carbocycles. The Morgan fingerprint density at radius 1 is 1.00 bits per heavy atom. The predicted octanol–water partition coefficient (Wildman–Crippen LogP) is 3.56. The van der Waals surface area contributed by atoms with Gasteiger partial charge in [0, 0.05) is 29.2 Å². The zero-order valence-corrected chi connectivity index (χ0v) is 20.2. The number of nitrogens with zero attached hydrogens (tertiary/aromatic N) is 6. The number of carbonyl (C=O) groups excluding carboxylic acids is 2. The normalized spacial score (nSPS) is 12.1. The number of hydrogen-bond donors (Lipinski definition) is 1. The van der Waals surface area contributed by atoms with Crippen molar-refractivity contribution in [3.05, 3.63) is 90.5 Å². The molecule has 0 aliphatic carbocycles. The summed E-state index contributed by atoms with van der Waals surface area (Å²) in [6.07, 6.45) is 3.16. The number of pyridine rings is 1. The second-order valence-electron chi connectivity index (χ2n) is 9.17. The molecule has 1 N–H and O–H groups in total. The number of halogens is 1. The number of benzene rings is 2. The van der Waals surface area contributed by atoms with Crippen LogP contribution in [0.5, 0.6) is 0 Å². The summed E-state index contributed by atoms with van der Waals surface area (Å²) in [4.78, 5) is 33.9. The minimum atomic E-state index is -0.970. The van der Waals surface area contributed by atoms with E-state index in [1.165, 1.54) is 29.2 Å².